The quantitative estimate of drug-likeness (QED) is 0.287. The number of hydrogen-bond donors (Lipinski definition) is 1. The number of nitrogens with two attached hydrogens (primary N) is 1. The molecular formula is C16H26ClIN4O2. The summed E-state index contributed by atoms with van der Waals surface area (Å²) >= 11 is 5.93. The largest absolute Gasteiger partial charge is 0.382 e. The molecule has 1 aromatic carbocycles. The third kappa shape index (κ3) is 7.00. The molecule has 1 aliphatic heterocycles. The topological polar surface area (TPSA) is 63.3 Å². The van der Waals surface area contributed by atoms with Crippen LogP contribution < -0.4 is 10.6 Å². The number of aliphatic imine (C=N–C) groups is 1. The van der Waals surface area contributed by atoms with Crippen molar-refractivity contribution in [1.29, 1.82) is 0 Å². The highest BCUT2D eigenvalue weighted by atomic mass is 127. The van der Waals surface area contributed by atoms with Crippen molar-refractivity contribution < 1.29 is 9.47 Å². The molecule has 0 unspecified atom stereocenters. The molecule has 0 atom stereocenters. The van der Waals surface area contributed by atoms with E-state index in [9.17, 15) is 0 Å². The predicted octanol–water partition coefficient (Wildman–Crippen LogP) is 2.06. The number of anilines is 1. The minimum atomic E-state index is 0. The molecule has 1 aliphatic rings. The van der Waals surface area contributed by atoms with Crippen LogP contribution in [0.4, 0.5) is 5.69 Å². The Morgan fingerprint density at radius 1 is 1.12 bits per heavy atom. The smallest absolute Gasteiger partial charge is 0.191 e. The molecule has 24 heavy (non-hydrogen) atoms. The standard InChI is InChI=1S/C16H25ClN4O2.HI/c1-22-12-13-23-11-6-19-16(18)21-9-7-20(8-10-21)15-4-2-14(17)3-5-15;/h2-5H,6-13H2,1H3,(H2,18,19);1H. The lowest BCUT2D eigenvalue weighted by Crippen LogP contribution is -2.51. The van der Waals surface area contributed by atoms with E-state index in [4.69, 9.17) is 26.8 Å². The van der Waals surface area contributed by atoms with E-state index in [0.29, 0.717) is 32.3 Å². The van der Waals surface area contributed by atoms with Gasteiger partial charge in [0.2, 0.25) is 0 Å². The van der Waals surface area contributed by atoms with E-state index in [2.05, 4.69) is 14.8 Å². The molecule has 0 aliphatic carbocycles. The van der Waals surface area contributed by atoms with Crippen LogP contribution in [-0.4, -0.2) is 70.5 Å². The molecule has 136 valence electrons. The molecule has 6 nitrogen and oxygen atoms in total. The summed E-state index contributed by atoms with van der Waals surface area (Å²) in [4.78, 5) is 8.81. The first-order valence-electron chi connectivity index (χ1n) is 7.83. The lowest BCUT2D eigenvalue weighted by molar-refractivity contribution is 0.0747. The molecule has 0 radical (unpaired) electrons. The minimum Gasteiger partial charge on any atom is -0.382 e. The lowest BCUT2D eigenvalue weighted by Gasteiger charge is -2.36. The van der Waals surface area contributed by atoms with E-state index >= 15 is 0 Å². The van der Waals surface area contributed by atoms with Crippen LogP contribution >= 0.6 is 35.6 Å². The Labute approximate surface area is 166 Å². The molecule has 2 N–H and O–H groups in total. The Balaban J connectivity index is 0.00000288. The van der Waals surface area contributed by atoms with Gasteiger partial charge in [0.05, 0.1) is 26.4 Å². The van der Waals surface area contributed by atoms with Crippen LogP contribution in [0, 0.1) is 0 Å². The van der Waals surface area contributed by atoms with Crippen LogP contribution in [0.15, 0.2) is 29.3 Å². The average Bonchev–Trinajstić information content (AvgIpc) is 2.58. The van der Waals surface area contributed by atoms with Crippen molar-refractivity contribution in [2.24, 2.45) is 10.7 Å². The van der Waals surface area contributed by atoms with E-state index in [-0.39, 0.29) is 24.0 Å². The normalized spacial score (nSPS) is 15.3. The van der Waals surface area contributed by atoms with Gasteiger partial charge in [-0.3, -0.25) is 4.99 Å². The van der Waals surface area contributed by atoms with Gasteiger partial charge in [-0.2, -0.15) is 0 Å². The summed E-state index contributed by atoms with van der Waals surface area (Å²) in [6.45, 7) is 5.90. The molecule has 0 saturated carbocycles. The summed E-state index contributed by atoms with van der Waals surface area (Å²) < 4.78 is 10.3. The monoisotopic (exact) mass is 468 g/mol. The fraction of sp³-hybridized carbons (Fsp3) is 0.562. The van der Waals surface area contributed by atoms with Crippen molar-refractivity contribution in [3.05, 3.63) is 29.3 Å². The second kappa shape index (κ2) is 11.7. The number of benzene rings is 1. The molecule has 0 aromatic heterocycles. The first kappa shape index (κ1) is 21.3. The van der Waals surface area contributed by atoms with Crippen LogP contribution in [-0.2, 0) is 9.47 Å². The Morgan fingerprint density at radius 2 is 1.79 bits per heavy atom. The molecule has 1 saturated heterocycles. The fourth-order valence-electron chi connectivity index (χ4n) is 2.41. The average molecular weight is 469 g/mol. The van der Waals surface area contributed by atoms with Crippen molar-refractivity contribution in [2.45, 2.75) is 0 Å². The molecule has 1 fully saturated rings. The number of methoxy groups -OCH3 is 1. The number of rotatable bonds is 7. The van der Waals surface area contributed by atoms with Gasteiger partial charge in [0, 0.05) is 44.0 Å². The van der Waals surface area contributed by atoms with Crippen LogP contribution in [0.1, 0.15) is 0 Å². The second-order valence-corrected chi connectivity index (χ2v) is 5.73. The third-order valence-corrected chi connectivity index (χ3v) is 3.99. The number of guanidine groups is 1. The van der Waals surface area contributed by atoms with Gasteiger partial charge in [-0.25, -0.2) is 0 Å². The summed E-state index contributed by atoms with van der Waals surface area (Å²) in [5.74, 6) is 0.594. The maximum absolute atomic E-state index is 6.05. The maximum Gasteiger partial charge on any atom is 0.191 e. The number of piperazine rings is 1. The molecule has 0 bridgehead atoms. The van der Waals surface area contributed by atoms with E-state index in [1.165, 1.54) is 5.69 Å². The summed E-state index contributed by atoms with van der Waals surface area (Å²) in [5, 5.41) is 0.761. The van der Waals surface area contributed by atoms with Gasteiger partial charge >= 0.3 is 0 Å². The summed E-state index contributed by atoms with van der Waals surface area (Å²) in [6.07, 6.45) is 0. The minimum absolute atomic E-state index is 0. The van der Waals surface area contributed by atoms with Gasteiger partial charge in [-0.15, -0.1) is 24.0 Å². The Bertz CT molecular complexity index is 493. The zero-order chi connectivity index (χ0) is 16.5. The van der Waals surface area contributed by atoms with Gasteiger partial charge in [0.15, 0.2) is 5.96 Å². The summed E-state index contributed by atoms with van der Waals surface area (Å²) in [7, 11) is 1.66. The summed E-state index contributed by atoms with van der Waals surface area (Å²) in [6, 6.07) is 7.94. The van der Waals surface area contributed by atoms with Crippen molar-refractivity contribution in [1.82, 2.24) is 4.90 Å². The predicted molar refractivity (Wildman–Crippen MR) is 110 cm³/mol. The van der Waals surface area contributed by atoms with Crippen LogP contribution in [0.5, 0.6) is 0 Å². The zero-order valence-electron chi connectivity index (χ0n) is 14.0. The Morgan fingerprint density at radius 3 is 2.42 bits per heavy atom. The maximum atomic E-state index is 6.05. The Kier molecular flexibility index (Phi) is 10.4. The van der Waals surface area contributed by atoms with E-state index in [1.807, 2.05) is 24.3 Å². The zero-order valence-corrected chi connectivity index (χ0v) is 17.1. The van der Waals surface area contributed by atoms with Gasteiger partial charge in [0.1, 0.15) is 0 Å². The summed E-state index contributed by atoms with van der Waals surface area (Å²) in [5.41, 5.74) is 7.24. The van der Waals surface area contributed by atoms with E-state index < -0.39 is 0 Å². The van der Waals surface area contributed by atoms with Crippen molar-refractivity contribution in [3.8, 4) is 0 Å². The van der Waals surface area contributed by atoms with Gasteiger partial charge in [0.25, 0.3) is 0 Å². The first-order chi connectivity index (χ1) is 11.2. The molecule has 2 rings (SSSR count). The molecular weight excluding hydrogens is 443 g/mol. The second-order valence-electron chi connectivity index (χ2n) is 5.30. The van der Waals surface area contributed by atoms with Crippen molar-refractivity contribution in [2.75, 3.05) is 64.6 Å². The molecule has 8 heteroatoms. The van der Waals surface area contributed by atoms with Crippen LogP contribution in [0.2, 0.25) is 5.02 Å². The number of halogens is 2. The third-order valence-electron chi connectivity index (χ3n) is 3.74. The van der Waals surface area contributed by atoms with E-state index in [1.54, 1.807) is 7.11 Å². The number of ether oxygens (including phenoxy) is 2. The number of hydrogen-bond acceptors (Lipinski definition) is 4. The fourth-order valence-corrected chi connectivity index (χ4v) is 2.54. The van der Waals surface area contributed by atoms with Crippen LogP contribution in [0.25, 0.3) is 0 Å². The highest BCUT2D eigenvalue weighted by molar-refractivity contribution is 14.0. The van der Waals surface area contributed by atoms with Gasteiger partial charge < -0.3 is 25.0 Å². The highest BCUT2D eigenvalue weighted by Gasteiger charge is 2.18. The SMILES string of the molecule is COCCOCCN=C(N)N1CCN(c2ccc(Cl)cc2)CC1.I. The van der Waals surface area contributed by atoms with E-state index in [0.717, 1.165) is 31.2 Å². The molecule has 1 heterocycles. The number of nitrogens with zero attached hydrogens (tertiary/aromatic N) is 3. The van der Waals surface area contributed by atoms with Crippen molar-refractivity contribution in [3.63, 3.8) is 0 Å². The lowest BCUT2D eigenvalue weighted by atomic mass is 10.2. The highest BCUT2D eigenvalue weighted by Crippen LogP contribution is 2.19. The van der Waals surface area contributed by atoms with Gasteiger partial charge in [-0.05, 0) is 24.3 Å². The Hall–Kier alpha value is -0.770. The molecule has 0 spiro atoms. The van der Waals surface area contributed by atoms with Crippen LogP contribution in [0.3, 0.4) is 0 Å². The molecule has 1 aromatic rings. The van der Waals surface area contributed by atoms with Gasteiger partial charge in [-0.1, -0.05) is 11.6 Å². The first-order valence-corrected chi connectivity index (χ1v) is 8.20. The van der Waals surface area contributed by atoms with Crippen molar-refractivity contribution >= 4 is 47.2 Å². The molecule has 0 amide bonds.